The van der Waals surface area contributed by atoms with Crippen molar-refractivity contribution in [1.29, 1.82) is 0 Å². The summed E-state index contributed by atoms with van der Waals surface area (Å²) in [6.45, 7) is 10.7. The van der Waals surface area contributed by atoms with Crippen LogP contribution in [0.15, 0.2) is 24.3 Å². The fourth-order valence-corrected chi connectivity index (χ4v) is 3.06. The number of benzene rings is 1. The third-order valence-corrected chi connectivity index (χ3v) is 4.45. The zero-order chi connectivity index (χ0) is 16.3. The van der Waals surface area contributed by atoms with E-state index in [1.54, 1.807) is 0 Å². The second-order valence-corrected chi connectivity index (χ2v) is 8.58. The monoisotopic (exact) mass is 313 g/mol. The normalized spacial score (nSPS) is 14.2. The highest BCUT2D eigenvalue weighted by molar-refractivity contribution is 7.89. The highest BCUT2D eigenvalue weighted by atomic mass is 32.2. The van der Waals surface area contributed by atoms with Crippen LogP contribution in [0.25, 0.3) is 0 Å². The highest BCUT2D eigenvalue weighted by Crippen LogP contribution is 2.26. The fourth-order valence-electron chi connectivity index (χ4n) is 1.99. The third-order valence-electron chi connectivity index (χ3n) is 3.55. The van der Waals surface area contributed by atoms with Crippen LogP contribution in [0.2, 0.25) is 0 Å². The molecule has 1 rings (SSSR count). The van der Waals surface area contributed by atoms with Crippen LogP contribution in [-0.4, -0.2) is 20.8 Å². The van der Waals surface area contributed by atoms with Gasteiger partial charge in [-0.1, -0.05) is 46.8 Å². The molecule has 0 radical (unpaired) electrons. The van der Waals surface area contributed by atoms with E-state index in [1.165, 1.54) is 5.56 Å². The van der Waals surface area contributed by atoms with E-state index in [9.17, 15) is 8.42 Å². The smallest absolute Gasteiger partial charge is 0.209 e. The number of primary sulfonamides is 1. The Hall–Kier alpha value is -1.07. The van der Waals surface area contributed by atoms with Crippen LogP contribution >= 0.6 is 0 Å². The molecular weight excluding hydrogens is 286 g/mol. The van der Waals surface area contributed by atoms with Gasteiger partial charge in [0, 0.05) is 5.92 Å². The van der Waals surface area contributed by atoms with Gasteiger partial charge >= 0.3 is 0 Å². The molecule has 0 aliphatic rings. The van der Waals surface area contributed by atoms with Crippen molar-refractivity contribution in [2.45, 2.75) is 40.0 Å². The van der Waals surface area contributed by atoms with Gasteiger partial charge < -0.3 is 4.74 Å². The molecule has 0 bridgehead atoms. The van der Waals surface area contributed by atoms with Gasteiger partial charge in [0.25, 0.3) is 0 Å². The summed E-state index contributed by atoms with van der Waals surface area (Å²) in [6, 6.07) is 7.93. The molecule has 1 aromatic carbocycles. The molecule has 0 saturated heterocycles. The Morgan fingerprint density at radius 1 is 1.24 bits per heavy atom. The maximum atomic E-state index is 11.3. The van der Waals surface area contributed by atoms with Gasteiger partial charge in [0.1, 0.15) is 5.75 Å². The number of sulfonamides is 1. The minimum absolute atomic E-state index is 0.0520. The first-order valence-corrected chi connectivity index (χ1v) is 8.94. The summed E-state index contributed by atoms with van der Waals surface area (Å²) >= 11 is 0. The molecule has 0 saturated carbocycles. The summed E-state index contributed by atoms with van der Waals surface area (Å²) in [4.78, 5) is 0. The Labute approximate surface area is 128 Å². The average Bonchev–Trinajstić information content (AvgIpc) is 2.32. The zero-order valence-corrected chi connectivity index (χ0v) is 14.4. The molecule has 4 nitrogen and oxygen atoms in total. The number of nitrogens with two attached hydrogens (primary N) is 1. The molecular formula is C16H27NO3S. The van der Waals surface area contributed by atoms with Gasteiger partial charge in [-0.2, -0.15) is 0 Å². The largest absolute Gasteiger partial charge is 0.493 e. The maximum absolute atomic E-state index is 11.3. The van der Waals surface area contributed by atoms with Crippen molar-refractivity contribution in [2.75, 3.05) is 12.4 Å². The first-order chi connectivity index (χ1) is 9.49. The van der Waals surface area contributed by atoms with Crippen molar-refractivity contribution in [3.8, 4) is 5.75 Å². The Bertz CT molecular complexity index is 559. The van der Waals surface area contributed by atoms with E-state index < -0.39 is 10.0 Å². The molecule has 0 heterocycles. The van der Waals surface area contributed by atoms with Crippen LogP contribution in [0.1, 0.15) is 40.2 Å². The van der Waals surface area contributed by atoms with Crippen molar-refractivity contribution >= 4 is 10.0 Å². The average molecular weight is 313 g/mol. The van der Waals surface area contributed by atoms with E-state index >= 15 is 0 Å². The molecule has 0 aliphatic heterocycles. The lowest BCUT2D eigenvalue weighted by atomic mass is 9.87. The van der Waals surface area contributed by atoms with Crippen LogP contribution in [0.3, 0.4) is 0 Å². The number of ether oxygens (including phenoxy) is 1. The van der Waals surface area contributed by atoms with Crippen molar-refractivity contribution in [3.63, 3.8) is 0 Å². The fraction of sp³-hybridized carbons (Fsp3) is 0.625. The first kappa shape index (κ1) is 18.0. The van der Waals surface area contributed by atoms with Crippen LogP contribution in [0, 0.1) is 11.8 Å². The summed E-state index contributed by atoms with van der Waals surface area (Å²) in [5.41, 5.74) is 1.24. The van der Waals surface area contributed by atoms with E-state index in [-0.39, 0.29) is 23.0 Å². The number of rotatable bonds is 6. The van der Waals surface area contributed by atoms with Gasteiger partial charge in [0.15, 0.2) is 0 Å². The second-order valence-electron chi connectivity index (χ2n) is 6.92. The van der Waals surface area contributed by atoms with Crippen LogP contribution < -0.4 is 9.88 Å². The molecule has 5 heteroatoms. The Kier molecular flexibility index (Phi) is 5.82. The lowest BCUT2D eigenvalue weighted by molar-refractivity contribution is 0.224. The second kappa shape index (κ2) is 6.79. The zero-order valence-electron chi connectivity index (χ0n) is 13.6. The van der Waals surface area contributed by atoms with Crippen LogP contribution in [0.5, 0.6) is 5.75 Å². The lowest BCUT2D eigenvalue weighted by Crippen LogP contribution is -2.30. The summed E-state index contributed by atoms with van der Waals surface area (Å²) < 4.78 is 28.3. The predicted molar refractivity (Wildman–Crippen MR) is 86.9 cm³/mol. The third kappa shape index (κ3) is 6.48. The predicted octanol–water partition coefficient (Wildman–Crippen LogP) is 2.92. The molecule has 0 amide bonds. The molecule has 0 spiro atoms. The maximum Gasteiger partial charge on any atom is 0.209 e. The minimum atomic E-state index is -3.48. The van der Waals surface area contributed by atoms with Gasteiger partial charge in [0.2, 0.25) is 10.0 Å². The quantitative estimate of drug-likeness (QED) is 0.878. The lowest BCUT2D eigenvalue weighted by Gasteiger charge is -2.22. The molecule has 0 fully saturated rings. The van der Waals surface area contributed by atoms with E-state index in [1.807, 2.05) is 32.0 Å². The molecule has 0 aliphatic carbocycles. The summed E-state index contributed by atoms with van der Waals surface area (Å²) in [6.07, 6.45) is 0. The van der Waals surface area contributed by atoms with Gasteiger partial charge in [-0.05, 0) is 29.0 Å². The summed E-state index contributed by atoms with van der Waals surface area (Å²) in [5.74, 6) is 0.791. The molecule has 1 aromatic rings. The topological polar surface area (TPSA) is 69.4 Å². The SMILES string of the molecule is CC(C)C(COc1cccc(C(C)(C)C)c1)CS(N)(=O)=O. The Balaban J connectivity index is 2.77. The molecule has 0 aromatic heterocycles. The standard InChI is InChI=1S/C16H27NO3S/c1-12(2)13(11-21(17,18)19)10-20-15-8-6-7-14(9-15)16(3,4)5/h6-9,12-13H,10-11H2,1-5H3,(H2,17,18,19). The van der Waals surface area contributed by atoms with Gasteiger partial charge in [-0.3, -0.25) is 0 Å². The molecule has 2 N–H and O–H groups in total. The van der Waals surface area contributed by atoms with E-state index in [2.05, 4.69) is 26.8 Å². The van der Waals surface area contributed by atoms with E-state index in [4.69, 9.17) is 9.88 Å². The van der Waals surface area contributed by atoms with E-state index in [0.717, 1.165) is 5.75 Å². The van der Waals surface area contributed by atoms with Crippen LogP contribution in [0.4, 0.5) is 0 Å². The minimum Gasteiger partial charge on any atom is -0.493 e. The molecule has 1 atom stereocenters. The summed E-state index contributed by atoms with van der Waals surface area (Å²) in [7, 11) is -3.48. The van der Waals surface area contributed by atoms with Crippen molar-refractivity contribution in [2.24, 2.45) is 17.0 Å². The van der Waals surface area contributed by atoms with Gasteiger partial charge in [-0.25, -0.2) is 13.6 Å². The van der Waals surface area contributed by atoms with Crippen molar-refractivity contribution < 1.29 is 13.2 Å². The highest BCUT2D eigenvalue weighted by Gasteiger charge is 2.21. The first-order valence-electron chi connectivity index (χ1n) is 7.23. The Morgan fingerprint density at radius 2 is 1.86 bits per heavy atom. The van der Waals surface area contributed by atoms with Gasteiger partial charge in [-0.15, -0.1) is 0 Å². The van der Waals surface area contributed by atoms with E-state index in [0.29, 0.717) is 6.61 Å². The molecule has 21 heavy (non-hydrogen) atoms. The number of hydrogen-bond acceptors (Lipinski definition) is 3. The van der Waals surface area contributed by atoms with Crippen LogP contribution in [-0.2, 0) is 15.4 Å². The van der Waals surface area contributed by atoms with Gasteiger partial charge in [0.05, 0.1) is 12.4 Å². The summed E-state index contributed by atoms with van der Waals surface area (Å²) in [5, 5.41) is 5.14. The number of hydrogen-bond donors (Lipinski definition) is 1. The molecule has 1 unspecified atom stereocenters. The van der Waals surface area contributed by atoms with Crippen molar-refractivity contribution in [3.05, 3.63) is 29.8 Å². The molecule has 120 valence electrons. The van der Waals surface area contributed by atoms with Crippen molar-refractivity contribution in [1.82, 2.24) is 0 Å². The Morgan fingerprint density at radius 3 is 2.33 bits per heavy atom.